The topological polar surface area (TPSA) is 50.9 Å². The van der Waals surface area contributed by atoms with Crippen molar-refractivity contribution in [1.82, 2.24) is 14.8 Å². The number of aromatic nitrogens is 3. The first kappa shape index (κ1) is 14.2. The van der Waals surface area contributed by atoms with E-state index in [0.717, 1.165) is 28.4 Å². The van der Waals surface area contributed by atoms with Crippen molar-refractivity contribution in [2.24, 2.45) is 0 Å². The first-order valence-corrected chi connectivity index (χ1v) is 7.60. The predicted octanol–water partition coefficient (Wildman–Crippen LogP) is 3.29. The Morgan fingerprint density at radius 1 is 1.37 bits per heavy atom. The van der Waals surface area contributed by atoms with E-state index < -0.39 is 6.10 Å². The number of aliphatic hydroxyl groups excluding tert-OH is 1. The van der Waals surface area contributed by atoms with Gasteiger partial charge in [0.1, 0.15) is 0 Å². The van der Waals surface area contributed by atoms with Gasteiger partial charge in [-0.15, -0.1) is 11.3 Å². The average Bonchev–Trinajstić information content (AvgIpc) is 3.00. The lowest BCUT2D eigenvalue weighted by Crippen LogP contribution is -2.08. The monoisotopic (exact) mass is 279 g/mol. The number of nitrogens with zero attached hydrogens (tertiary/aromatic N) is 3. The van der Waals surface area contributed by atoms with Gasteiger partial charge in [-0.1, -0.05) is 13.8 Å². The summed E-state index contributed by atoms with van der Waals surface area (Å²) < 4.78 is 2.01. The molecule has 0 aliphatic rings. The Balaban J connectivity index is 2.03. The van der Waals surface area contributed by atoms with Crippen molar-refractivity contribution in [3.8, 4) is 0 Å². The summed E-state index contributed by atoms with van der Waals surface area (Å²) in [6.45, 7) is 6.29. The molecule has 2 aromatic heterocycles. The van der Waals surface area contributed by atoms with Crippen LogP contribution in [0.1, 0.15) is 54.4 Å². The molecule has 5 heteroatoms. The number of rotatable bonds is 6. The smallest absolute Gasteiger partial charge is 0.0954 e. The summed E-state index contributed by atoms with van der Waals surface area (Å²) in [6, 6.07) is 2.45. The average molecular weight is 279 g/mol. The second-order valence-electron chi connectivity index (χ2n) is 4.76. The summed E-state index contributed by atoms with van der Waals surface area (Å²) in [5.41, 5.74) is 0.936. The van der Waals surface area contributed by atoms with Gasteiger partial charge in [0.15, 0.2) is 0 Å². The number of thiazole rings is 1. The number of aliphatic hydroxyl groups is 1. The molecular formula is C14H21N3OS. The molecule has 0 bridgehead atoms. The van der Waals surface area contributed by atoms with Crippen molar-refractivity contribution in [3.63, 3.8) is 0 Å². The third-order valence-corrected chi connectivity index (χ3v) is 4.36. The molecule has 0 saturated heterocycles. The van der Waals surface area contributed by atoms with E-state index in [1.54, 1.807) is 17.5 Å². The highest BCUT2D eigenvalue weighted by Gasteiger charge is 2.14. The minimum atomic E-state index is -0.503. The molecule has 1 unspecified atom stereocenters. The molecule has 104 valence electrons. The molecule has 0 radical (unpaired) electrons. The molecule has 0 spiro atoms. The van der Waals surface area contributed by atoms with Crippen LogP contribution in [0.2, 0.25) is 0 Å². The zero-order valence-electron chi connectivity index (χ0n) is 11.7. The van der Waals surface area contributed by atoms with Crippen LogP contribution in [0.15, 0.2) is 18.5 Å². The maximum absolute atomic E-state index is 10.2. The van der Waals surface area contributed by atoms with Crippen molar-refractivity contribution >= 4 is 11.3 Å². The van der Waals surface area contributed by atoms with Crippen LogP contribution in [0, 0.1) is 6.92 Å². The highest BCUT2D eigenvalue weighted by Crippen LogP contribution is 2.23. The first-order chi connectivity index (χ1) is 9.13. The van der Waals surface area contributed by atoms with E-state index in [1.807, 2.05) is 23.9 Å². The summed E-state index contributed by atoms with van der Waals surface area (Å²) in [4.78, 5) is 5.08. The fourth-order valence-corrected chi connectivity index (χ4v) is 2.95. The van der Waals surface area contributed by atoms with Crippen LogP contribution in [0.4, 0.5) is 0 Å². The van der Waals surface area contributed by atoms with Gasteiger partial charge in [-0.25, -0.2) is 4.98 Å². The fraction of sp³-hybridized carbons (Fsp3) is 0.571. The lowest BCUT2D eigenvalue weighted by Gasteiger charge is -2.12. The Hall–Kier alpha value is -1.20. The van der Waals surface area contributed by atoms with Gasteiger partial charge in [-0.05, 0) is 25.8 Å². The van der Waals surface area contributed by atoms with Gasteiger partial charge in [0.25, 0.3) is 0 Å². The Kier molecular flexibility index (Phi) is 4.71. The normalized spacial score (nSPS) is 13.1. The first-order valence-electron chi connectivity index (χ1n) is 6.78. The molecule has 0 saturated carbocycles. The van der Waals surface area contributed by atoms with Crippen LogP contribution in [-0.4, -0.2) is 19.9 Å². The number of aryl methyl sites for hydroxylation is 1. The molecule has 2 heterocycles. The van der Waals surface area contributed by atoms with Gasteiger partial charge >= 0.3 is 0 Å². The summed E-state index contributed by atoms with van der Waals surface area (Å²) in [7, 11) is 0. The molecule has 0 amide bonds. The molecule has 1 N–H and O–H groups in total. The minimum Gasteiger partial charge on any atom is -0.387 e. The van der Waals surface area contributed by atoms with E-state index in [0.29, 0.717) is 12.5 Å². The van der Waals surface area contributed by atoms with Gasteiger partial charge in [0.05, 0.1) is 27.7 Å². The zero-order valence-corrected chi connectivity index (χ0v) is 12.5. The highest BCUT2D eigenvalue weighted by atomic mass is 32.1. The van der Waals surface area contributed by atoms with Crippen LogP contribution < -0.4 is 0 Å². The van der Waals surface area contributed by atoms with E-state index in [-0.39, 0.29) is 0 Å². The fourth-order valence-electron chi connectivity index (χ4n) is 2.18. The number of hydrogen-bond donors (Lipinski definition) is 1. The van der Waals surface area contributed by atoms with Crippen molar-refractivity contribution < 1.29 is 5.11 Å². The van der Waals surface area contributed by atoms with Crippen LogP contribution in [-0.2, 0) is 6.42 Å². The summed E-state index contributed by atoms with van der Waals surface area (Å²) in [5, 5.41) is 15.7. The number of hydrogen-bond acceptors (Lipinski definition) is 4. The van der Waals surface area contributed by atoms with E-state index in [4.69, 9.17) is 0 Å². The Bertz CT molecular complexity index is 516. The lowest BCUT2D eigenvalue weighted by molar-refractivity contribution is 0.180. The van der Waals surface area contributed by atoms with Crippen molar-refractivity contribution in [2.45, 2.75) is 52.2 Å². The van der Waals surface area contributed by atoms with Crippen LogP contribution in [0.3, 0.4) is 0 Å². The van der Waals surface area contributed by atoms with Gasteiger partial charge in [-0.3, -0.25) is 4.68 Å². The Morgan fingerprint density at radius 2 is 2.11 bits per heavy atom. The van der Waals surface area contributed by atoms with Gasteiger partial charge in [0, 0.05) is 18.8 Å². The maximum Gasteiger partial charge on any atom is 0.0954 e. The second-order valence-corrected chi connectivity index (χ2v) is 6.03. The van der Waals surface area contributed by atoms with Crippen LogP contribution in [0.25, 0.3) is 0 Å². The molecule has 0 aromatic carbocycles. The van der Waals surface area contributed by atoms with E-state index in [2.05, 4.69) is 23.9 Å². The standard InChI is InChI=1S/C14H21N3OS/c1-4-12(5-2)17-7-6-11(16-17)8-13(18)14-9-15-10(3)19-14/h6-7,9,12-13,18H,4-5,8H2,1-3H3. The highest BCUT2D eigenvalue weighted by molar-refractivity contribution is 7.11. The van der Waals surface area contributed by atoms with E-state index in [1.165, 1.54) is 0 Å². The van der Waals surface area contributed by atoms with Crippen molar-refractivity contribution in [3.05, 3.63) is 34.0 Å². The lowest BCUT2D eigenvalue weighted by atomic mass is 10.2. The third kappa shape index (κ3) is 3.42. The third-order valence-electron chi connectivity index (χ3n) is 3.35. The molecule has 4 nitrogen and oxygen atoms in total. The largest absolute Gasteiger partial charge is 0.387 e. The summed E-state index contributed by atoms with van der Waals surface area (Å²) in [5.74, 6) is 0. The molecule has 2 rings (SSSR count). The second kappa shape index (κ2) is 6.30. The maximum atomic E-state index is 10.2. The molecule has 0 aliphatic heterocycles. The quantitative estimate of drug-likeness (QED) is 0.882. The molecule has 0 aliphatic carbocycles. The predicted molar refractivity (Wildman–Crippen MR) is 77.4 cm³/mol. The minimum absolute atomic E-state index is 0.455. The Labute approximate surface area is 118 Å². The summed E-state index contributed by atoms with van der Waals surface area (Å²) in [6.07, 6.45) is 5.97. The van der Waals surface area contributed by atoms with Gasteiger partial charge in [-0.2, -0.15) is 5.10 Å². The van der Waals surface area contributed by atoms with Crippen molar-refractivity contribution in [1.29, 1.82) is 0 Å². The van der Waals surface area contributed by atoms with Gasteiger partial charge in [0.2, 0.25) is 0 Å². The molecule has 0 fully saturated rings. The zero-order chi connectivity index (χ0) is 13.8. The molecule has 19 heavy (non-hydrogen) atoms. The molecule has 1 atom stereocenters. The Morgan fingerprint density at radius 3 is 2.68 bits per heavy atom. The van der Waals surface area contributed by atoms with E-state index >= 15 is 0 Å². The van der Waals surface area contributed by atoms with E-state index in [9.17, 15) is 5.11 Å². The van der Waals surface area contributed by atoms with Crippen LogP contribution >= 0.6 is 11.3 Å². The molecule has 2 aromatic rings. The molecular weight excluding hydrogens is 258 g/mol. The summed E-state index contributed by atoms with van der Waals surface area (Å²) >= 11 is 1.54. The van der Waals surface area contributed by atoms with Crippen molar-refractivity contribution in [2.75, 3.05) is 0 Å². The van der Waals surface area contributed by atoms with Crippen LogP contribution in [0.5, 0.6) is 0 Å². The SMILES string of the molecule is CCC(CC)n1ccc(CC(O)c2cnc(C)s2)n1. The van der Waals surface area contributed by atoms with Gasteiger partial charge < -0.3 is 5.11 Å².